The van der Waals surface area contributed by atoms with Gasteiger partial charge in [0, 0.05) is 18.3 Å². The number of nitrogens with two attached hydrogens (primary N) is 1. The van der Waals surface area contributed by atoms with Crippen LogP contribution in [0.25, 0.3) is 5.65 Å². The van der Waals surface area contributed by atoms with Crippen molar-refractivity contribution in [3.8, 4) is 0 Å². The predicted octanol–water partition coefficient (Wildman–Crippen LogP) is 1.26. The lowest BCUT2D eigenvalue weighted by atomic mass is 10.2. The number of aromatic nitrogens is 3. The van der Waals surface area contributed by atoms with Gasteiger partial charge in [-0.2, -0.15) is 0 Å². The summed E-state index contributed by atoms with van der Waals surface area (Å²) in [6, 6.07) is 6.99. The predicted molar refractivity (Wildman–Crippen MR) is 70.2 cm³/mol. The zero-order chi connectivity index (χ0) is 12.5. The average Bonchev–Trinajstić information content (AvgIpc) is 2.95. The number of rotatable bonds is 3. The van der Waals surface area contributed by atoms with Crippen LogP contribution in [0.2, 0.25) is 0 Å². The molecule has 0 radical (unpaired) electrons. The number of nitrogens with zero attached hydrogens (tertiary/aromatic N) is 3. The van der Waals surface area contributed by atoms with Crippen LogP contribution in [0.1, 0.15) is 38.1 Å². The molecule has 5 heteroatoms. The molecule has 96 valence electrons. The van der Waals surface area contributed by atoms with E-state index < -0.39 is 0 Å². The SMILES string of the molecule is CC(NC1CCC(N)C1)c1nnc2ccccn12. The molecule has 5 nitrogen and oxygen atoms in total. The zero-order valence-corrected chi connectivity index (χ0v) is 10.6. The van der Waals surface area contributed by atoms with E-state index >= 15 is 0 Å². The fraction of sp³-hybridized carbons (Fsp3) is 0.538. The Balaban J connectivity index is 1.77. The third-order valence-electron chi connectivity index (χ3n) is 3.69. The Morgan fingerprint density at radius 3 is 3.06 bits per heavy atom. The number of hydrogen-bond donors (Lipinski definition) is 2. The van der Waals surface area contributed by atoms with Crippen LogP contribution in [0.4, 0.5) is 0 Å². The molecule has 3 atom stereocenters. The molecule has 1 saturated carbocycles. The number of fused-ring (bicyclic) bond motifs is 1. The Bertz CT molecular complexity index is 535. The molecule has 18 heavy (non-hydrogen) atoms. The molecule has 0 aromatic carbocycles. The molecule has 1 fully saturated rings. The molecule has 2 heterocycles. The maximum atomic E-state index is 5.94. The molecular weight excluding hydrogens is 226 g/mol. The Morgan fingerprint density at radius 1 is 1.39 bits per heavy atom. The lowest BCUT2D eigenvalue weighted by Gasteiger charge is -2.18. The van der Waals surface area contributed by atoms with Gasteiger partial charge in [0.05, 0.1) is 6.04 Å². The van der Waals surface area contributed by atoms with Crippen LogP contribution in [-0.4, -0.2) is 26.7 Å². The van der Waals surface area contributed by atoms with E-state index in [0.29, 0.717) is 12.1 Å². The van der Waals surface area contributed by atoms with E-state index in [1.807, 2.05) is 28.8 Å². The first-order chi connectivity index (χ1) is 8.74. The first-order valence-electron chi connectivity index (χ1n) is 6.55. The first kappa shape index (κ1) is 11.6. The van der Waals surface area contributed by atoms with Crippen molar-refractivity contribution in [3.63, 3.8) is 0 Å². The molecular formula is C13H19N5. The van der Waals surface area contributed by atoms with Gasteiger partial charge in [0.2, 0.25) is 0 Å². The molecule has 2 aromatic heterocycles. The Hall–Kier alpha value is -1.46. The van der Waals surface area contributed by atoms with Gasteiger partial charge in [-0.3, -0.25) is 4.40 Å². The molecule has 3 rings (SSSR count). The largest absolute Gasteiger partial charge is 0.328 e. The first-order valence-corrected chi connectivity index (χ1v) is 6.55. The van der Waals surface area contributed by atoms with Crippen LogP contribution in [0.3, 0.4) is 0 Å². The summed E-state index contributed by atoms with van der Waals surface area (Å²) in [5, 5.41) is 12.1. The summed E-state index contributed by atoms with van der Waals surface area (Å²) >= 11 is 0. The molecule has 0 spiro atoms. The van der Waals surface area contributed by atoms with Gasteiger partial charge < -0.3 is 11.1 Å². The second kappa shape index (κ2) is 4.66. The molecule has 0 bridgehead atoms. The van der Waals surface area contributed by atoms with E-state index in [1.165, 1.54) is 0 Å². The Labute approximate surface area is 106 Å². The summed E-state index contributed by atoms with van der Waals surface area (Å²) in [6.07, 6.45) is 5.33. The van der Waals surface area contributed by atoms with Crippen molar-refractivity contribution in [2.45, 2.75) is 44.3 Å². The summed E-state index contributed by atoms with van der Waals surface area (Å²) in [5.74, 6) is 0.964. The fourth-order valence-corrected chi connectivity index (χ4v) is 2.75. The molecule has 3 N–H and O–H groups in total. The van der Waals surface area contributed by atoms with Gasteiger partial charge in [-0.1, -0.05) is 6.07 Å². The monoisotopic (exact) mass is 245 g/mol. The smallest absolute Gasteiger partial charge is 0.160 e. The molecule has 0 amide bonds. The van der Waals surface area contributed by atoms with Crippen LogP contribution in [0.15, 0.2) is 24.4 Å². The fourth-order valence-electron chi connectivity index (χ4n) is 2.75. The second-order valence-corrected chi connectivity index (χ2v) is 5.15. The van der Waals surface area contributed by atoms with Crippen molar-refractivity contribution in [1.29, 1.82) is 0 Å². The van der Waals surface area contributed by atoms with Gasteiger partial charge >= 0.3 is 0 Å². The molecule has 2 aromatic rings. The van der Waals surface area contributed by atoms with Crippen LogP contribution in [-0.2, 0) is 0 Å². The van der Waals surface area contributed by atoms with E-state index in [1.54, 1.807) is 0 Å². The molecule has 0 aliphatic heterocycles. The minimum absolute atomic E-state index is 0.192. The summed E-state index contributed by atoms with van der Waals surface area (Å²) in [6.45, 7) is 2.13. The Kier molecular flexibility index (Phi) is 3.01. The standard InChI is InChI=1S/C13H19N5/c1-9(15-11-6-5-10(14)8-11)13-17-16-12-4-2-3-7-18(12)13/h2-4,7,9-11,15H,5-6,8,14H2,1H3. The lowest BCUT2D eigenvalue weighted by molar-refractivity contribution is 0.441. The van der Waals surface area contributed by atoms with E-state index in [9.17, 15) is 0 Å². The van der Waals surface area contributed by atoms with Crippen molar-refractivity contribution in [3.05, 3.63) is 30.2 Å². The maximum absolute atomic E-state index is 5.94. The quantitative estimate of drug-likeness (QED) is 0.854. The van der Waals surface area contributed by atoms with Gasteiger partial charge in [-0.05, 0) is 38.3 Å². The van der Waals surface area contributed by atoms with Crippen molar-refractivity contribution in [2.24, 2.45) is 5.73 Å². The van der Waals surface area contributed by atoms with Crippen molar-refractivity contribution in [1.82, 2.24) is 19.9 Å². The normalized spacial score (nSPS) is 25.7. The minimum Gasteiger partial charge on any atom is -0.328 e. The van der Waals surface area contributed by atoms with Crippen molar-refractivity contribution < 1.29 is 0 Å². The zero-order valence-electron chi connectivity index (χ0n) is 10.6. The van der Waals surface area contributed by atoms with E-state index in [4.69, 9.17) is 5.73 Å². The summed E-state index contributed by atoms with van der Waals surface area (Å²) in [7, 11) is 0. The van der Waals surface area contributed by atoms with Crippen LogP contribution < -0.4 is 11.1 Å². The summed E-state index contributed by atoms with van der Waals surface area (Å²) < 4.78 is 2.03. The topological polar surface area (TPSA) is 68.2 Å². The maximum Gasteiger partial charge on any atom is 0.160 e. The number of hydrogen-bond acceptors (Lipinski definition) is 4. The number of nitrogens with one attached hydrogen (secondary N) is 1. The molecule has 1 aliphatic carbocycles. The lowest BCUT2D eigenvalue weighted by Crippen LogP contribution is -2.31. The highest BCUT2D eigenvalue weighted by Crippen LogP contribution is 2.21. The third kappa shape index (κ3) is 2.11. The average molecular weight is 245 g/mol. The van der Waals surface area contributed by atoms with Gasteiger partial charge in [-0.25, -0.2) is 0 Å². The van der Waals surface area contributed by atoms with Gasteiger partial charge in [-0.15, -0.1) is 10.2 Å². The van der Waals surface area contributed by atoms with Crippen LogP contribution in [0.5, 0.6) is 0 Å². The minimum atomic E-state index is 0.192. The summed E-state index contributed by atoms with van der Waals surface area (Å²) in [4.78, 5) is 0. The van der Waals surface area contributed by atoms with Gasteiger partial charge in [0.25, 0.3) is 0 Å². The summed E-state index contributed by atoms with van der Waals surface area (Å²) in [5.41, 5.74) is 6.83. The van der Waals surface area contributed by atoms with Crippen molar-refractivity contribution >= 4 is 5.65 Å². The number of pyridine rings is 1. The van der Waals surface area contributed by atoms with E-state index in [2.05, 4.69) is 22.4 Å². The molecule has 1 aliphatic rings. The second-order valence-electron chi connectivity index (χ2n) is 5.15. The Morgan fingerprint density at radius 2 is 2.28 bits per heavy atom. The highest BCUT2D eigenvalue weighted by molar-refractivity contribution is 5.37. The van der Waals surface area contributed by atoms with Crippen LogP contribution >= 0.6 is 0 Å². The van der Waals surface area contributed by atoms with Gasteiger partial charge in [0.15, 0.2) is 11.5 Å². The van der Waals surface area contributed by atoms with E-state index in [0.717, 1.165) is 30.7 Å². The third-order valence-corrected chi connectivity index (χ3v) is 3.69. The van der Waals surface area contributed by atoms with Crippen molar-refractivity contribution in [2.75, 3.05) is 0 Å². The molecule has 0 saturated heterocycles. The highest BCUT2D eigenvalue weighted by atomic mass is 15.3. The van der Waals surface area contributed by atoms with Gasteiger partial charge in [0.1, 0.15) is 0 Å². The van der Waals surface area contributed by atoms with E-state index in [-0.39, 0.29) is 6.04 Å². The van der Waals surface area contributed by atoms with Crippen LogP contribution in [0, 0.1) is 0 Å². The molecule has 3 unspecified atom stereocenters. The highest BCUT2D eigenvalue weighted by Gasteiger charge is 2.24.